The van der Waals surface area contributed by atoms with Gasteiger partial charge in [0.05, 0.1) is 17.9 Å². The second kappa shape index (κ2) is 9.68. The van der Waals surface area contributed by atoms with Gasteiger partial charge in [-0.25, -0.2) is 4.98 Å². The van der Waals surface area contributed by atoms with Gasteiger partial charge in [-0.05, 0) is 36.6 Å². The van der Waals surface area contributed by atoms with Crippen molar-refractivity contribution in [2.75, 3.05) is 11.9 Å². The minimum absolute atomic E-state index is 0.202. The summed E-state index contributed by atoms with van der Waals surface area (Å²) in [4.78, 5) is 20.7. The molecular weight excluding hydrogens is 402 g/mol. The smallest absolute Gasteiger partial charge is 0.277 e. The van der Waals surface area contributed by atoms with Crippen LogP contribution in [0.25, 0.3) is 22.4 Å². The Bertz CT molecular complexity index is 1260. The van der Waals surface area contributed by atoms with Crippen LogP contribution < -0.4 is 15.6 Å². The SMILES string of the molecule is CCCOc1ccc(NCc2ccccc2)cc1-c1nc2c(CCC)nn(C)c2c(=O)[nH]1. The third-order valence-electron chi connectivity index (χ3n) is 5.29. The van der Waals surface area contributed by atoms with Gasteiger partial charge in [-0.1, -0.05) is 50.6 Å². The monoisotopic (exact) mass is 431 g/mol. The number of hydrogen-bond acceptors (Lipinski definition) is 5. The Morgan fingerprint density at radius 2 is 1.91 bits per heavy atom. The fourth-order valence-corrected chi connectivity index (χ4v) is 3.74. The van der Waals surface area contributed by atoms with Crippen LogP contribution in [0.3, 0.4) is 0 Å². The maximum atomic E-state index is 12.9. The van der Waals surface area contributed by atoms with E-state index in [9.17, 15) is 4.79 Å². The van der Waals surface area contributed by atoms with Gasteiger partial charge in [0.15, 0.2) is 5.52 Å². The first-order valence-corrected chi connectivity index (χ1v) is 11.1. The minimum atomic E-state index is -0.202. The zero-order chi connectivity index (χ0) is 22.5. The molecular formula is C25H29N5O2. The summed E-state index contributed by atoms with van der Waals surface area (Å²) >= 11 is 0. The van der Waals surface area contributed by atoms with Gasteiger partial charge in [0.25, 0.3) is 5.56 Å². The Hall–Kier alpha value is -3.61. The molecule has 4 rings (SSSR count). The number of rotatable bonds is 9. The lowest BCUT2D eigenvalue weighted by Crippen LogP contribution is -2.13. The molecule has 0 spiro atoms. The number of benzene rings is 2. The molecule has 0 aliphatic carbocycles. The number of nitrogens with zero attached hydrogens (tertiary/aromatic N) is 3. The maximum absolute atomic E-state index is 12.9. The molecule has 32 heavy (non-hydrogen) atoms. The fraction of sp³-hybridized carbons (Fsp3) is 0.320. The average molecular weight is 432 g/mol. The van der Waals surface area contributed by atoms with E-state index in [0.717, 1.165) is 36.2 Å². The molecule has 0 aliphatic rings. The van der Waals surface area contributed by atoms with Crippen LogP contribution in [0.1, 0.15) is 37.9 Å². The number of aryl methyl sites for hydroxylation is 2. The van der Waals surface area contributed by atoms with E-state index < -0.39 is 0 Å². The average Bonchev–Trinajstić information content (AvgIpc) is 3.13. The van der Waals surface area contributed by atoms with Gasteiger partial charge in [0.2, 0.25) is 0 Å². The Kier molecular flexibility index (Phi) is 6.54. The van der Waals surface area contributed by atoms with E-state index in [0.29, 0.717) is 35.8 Å². The molecule has 0 saturated carbocycles. The van der Waals surface area contributed by atoms with Crippen LogP contribution in [-0.2, 0) is 20.0 Å². The molecule has 0 saturated heterocycles. The van der Waals surface area contributed by atoms with Crippen molar-refractivity contribution in [3.63, 3.8) is 0 Å². The third-order valence-corrected chi connectivity index (χ3v) is 5.29. The van der Waals surface area contributed by atoms with Gasteiger partial charge in [-0.2, -0.15) is 5.10 Å². The second-order valence-electron chi connectivity index (χ2n) is 7.83. The van der Waals surface area contributed by atoms with Crippen molar-refractivity contribution in [1.82, 2.24) is 19.7 Å². The van der Waals surface area contributed by atoms with Crippen molar-refractivity contribution < 1.29 is 4.74 Å². The number of aromatic nitrogens is 4. The highest BCUT2D eigenvalue weighted by molar-refractivity contribution is 5.80. The van der Waals surface area contributed by atoms with Crippen molar-refractivity contribution in [2.45, 2.75) is 39.7 Å². The molecule has 4 aromatic rings. The number of ether oxygens (including phenoxy) is 1. The van der Waals surface area contributed by atoms with Crippen LogP contribution in [0, 0.1) is 0 Å². The standard InChI is InChI=1S/C25H29N5O2/c1-4-9-20-22-23(30(3)29-20)25(31)28-24(27-22)19-15-18(12-13-21(19)32-14-5-2)26-16-17-10-7-6-8-11-17/h6-8,10-13,15,26H,4-5,9,14,16H2,1-3H3,(H,27,28,31). The summed E-state index contributed by atoms with van der Waals surface area (Å²) in [6.07, 6.45) is 2.59. The van der Waals surface area contributed by atoms with Crippen LogP contribution >= 0.6 is 0 Å². The van der Waals surface area contributed by atoms with E-state index in [1.54, 1.807) is 11.7 Å². The van der Waals surface area contributed by atoms with E-state index in [1.165, 1.54) is 5.56 Å². The van der Waals surface area contributed by atoms with Crippen LogP contribution in [0.5, 0.6) is 5.75 Å². The summed E-state index contributed by atoms with van der Waals surface area (Å²) < 4.78 is 7.60. The number of fused-ring (bicyclic) bond motifs is 1. The highest BCUT2D eigenvalue weighted by atomic mass is 16.5. The Morgan fingerprint density at radius 3 is 2.66 bits per heavy atom. The normalized spacial score (nSPS) is 11.1. The molecule has 2 heterocycles. The van der Waals surface area contributed by atoms with Crippen molar-refractivity contribution in [3.05, 3.63) is 70.1 Å². The zero-order valence-electron chi connectivity index (χ0n) is 18.8. The van der Waals surface area contributed by atoms with Crippen molar-refractivity contribution in [1.29, 1.82) is 0 Å². The fourth-order valence-electron chi connectivity index (χ4n) is 3.74. The van der Waals surface area contributed by atoms with Crippen molar-refractivity contribution >= 4 is 16.7 Å². The molecule has 0 fully saturated rings. The van der Waals surface area contributed by atoms with Crippen LogP contribution in [0.4, 0.5) is 5.69 Å². The largest absolute Gasteiger partial charge is 0.493 e. The Morgan fingerprint density at radius 1 is 1.09 bits per heavy atom. The highest BCUT2D eigenvalue weighted by Gasteiger charge is 2.17. The molecule has 2 aromatic carbocycles. The molecule has 0 bridgehead atoms. The summed E-state index contributed by atoms with van der Waals surface area (Å²) in [6, 6.07) is 16.1. The molecule has 0 radical (unpaired) electrons. The number of hydrogen-bond donors (Lipinski definition) is 2. The molecule has 2 N–H and O–H groups in total. The summed E-state index contributed by atoms with van der Waals surface area (Å²) in [5.74, 6) is 1.18. The lowest BCUT2D eigenvalue weighted by molar-refractivity contribution is 0.318. The van der Waals surface area contributed by atoms with Gasteiger partial charge in [0.1, 0.15) is 17.1 Å². The Balaban J connectivity index is 1.76. The van der Waals surface area contributed by atoms with Gasteiger partial charge in [-0.3, -0.25) is 9.48 Å². The number of H-pyrrole nitrogens is 1. The lowest BCUT2D eigenvalue weighted by atomic mass is 10.1. The number of anilines is 1. The quantitative estimate of drug-likeness (QED) is 0.402. The zero-order valence-corrected chi connectivity index (χ0v) is 18.8. The van der Waals surface area contributed by atoms with Crippen molar-refractivity contribution in [2.24, 2.45) is 7.05 Å². The van der Waals surface area contributed by atoms with Gasteiger partial charge >= 0.3 is 0 Å². The van der Waals surface area contributed by atoms with Gasteiger partial charge in [0, 0.05) is 19.3 Å². The maximum Gasteiger partial charge on any atom is 0.277 e. The molecule has 2 aromatic heterocycles. The molecule has 0 atom stereocenters. The molecule has 7 nitrogen and oxygen atoms in total. The third kappa shape index (κ3) is 4.51. The van der Waals surface area contributed by atoms with E-state index >= 15 is 0 Å². The highest BCUT2D eigenvalue weighted by Crippen LogP contribution is 2.31. The number of aromatic amines is 1. The van der Waals surface area contributed by atoms with Crippen LogP contribution in [0.15, 0.2) is 53.3 Å². The minimum Gasteiger partial charge on any atom is -0.493 e. The molecule has 0 aliphatic heterocycles. The van der Waals surface area contributed by atoms with Crippen molar-refractivity contribution in [3.8, 4) is 17.1 Å². The topological polar surface area (TPSA) is 84.8 Å². The summed E-state index contributed by atoms with van der Waals surface area (Å²) in [5.41, 5.74) is 4.65. The molecule has 0 amide bonds. The van der Waals surface area contributed by atoms with Crippen LogP contribution in [0.2, 0.25) is 0 Å². The van der Waals surface area contributed by atoms with Crippen LogP contribution in [-0.4, -0.2) is 26.4 Å². The first kappa shape index (κ1) is 21.6. The predicted octanol–water partition coefficient (Wildman–Crippen LogP) is 4.68. The molecule has 0 unspecified atom stereocenters. The Labute approximate surface area is 187 Å². The lowest BCUT2D eigenvalue weighted by Gasteiger charge is -2.14. The summed E-state index contributed by atoms with van der Waals surface area (Å²) in [7, 11) is 1.78. The van der Waals surface area contributed by atoms with E-state index in [2.05, 4.69) is 41.4 Å². The first-order chi connectivity index (χ1) is 15.6. The van der Waals surface area contributed by atoms with E-state index in [1.807, 2.05) is 36.4 Å². The summed E-state index contributed by atoms with van der Waals surface area (Å²) in [5, 5.41) is 7.97. The number of nitrogens with one attached hydrogen (secondary N) is 2. The summed E-state index contributed by atoms with van der Waals surface area (Å²) in [6.45, 7) is 5.44. The first-order valence-electron chi connectivity index (χ1n) is 11.1. The molecule has 166 valence electrons. The van der Waals surface area contributed by atoms with Gasteiger partial charge < -0.3 is 15.0 Å². The van der Waals surface area contributed by atoms with E-state index in [-0.39, 0.29) is 5.56 Å². The van der Waals surface area contributed by atoms with E-state index in [4.69, 9.17) is 9.72 Å². The second-order valence-corrected chi connectivity index (χ2v) is 7.83. The van der Waals surface area contributed by atoms with Gasteiger partial charge in [-0.15, -0.1) is 0 Å². The predicted molar refractivity (Wildman–Crippen MR) is 128 cm³/mol. The molecule has 7 heteroatoms.